The van der Waals surface area contributed by atoms with Gasteiger partial charge in [0.1, 0.15) is 12.1 Å². The fourth-order valence-electron chi connectivity index (χ4n) is 1.31. The molecule has 1 aromatic heterocycles. The van der Waals surface area contributed by atoms with E-state index in [1.165, 1.54) is 6.20 Å². The predicted octanol–water partition coefficient (Wildman–Crippen LogP) is -0.0907. The lowest BCUT2D eigenvalue weighted by Gasteiger charge is -2.18. The van der Waals surface area contributed by atoms with Crippen LogP contribution in [0.5, 0.6) is 0 Å². The molecule has 2 unspecified atom stereocenters. The van der Waals surface area contributed by atoms with Crippen molar-refractivity contribution >= 4 is 5.97 Å². The molecule has 0 fully saturated rings. The average Bonchev–Trinajstić information content (AvgIpc) is 2.63. The lowest BCUT2D eigenvalue weighted by atomic mass is 10.1. The number of aliphatic hydroxyl groups excluding tert-OH is 1. The minimum atomic E-state index is -1.33. The molecule has 0 aliphatic rings. The third-order valence-corrected chi connectivity index (χ3v) is 2.12. The van der Waals surface area contributed by atoms with Crippen LogP contribution in [-0.4, -0.2) is 32.0 Å². The molecule has 0 amide bonds. The number of nitrogens with zero attached hydrogens (tertiary/aromatic N) is 2. The normalized spacial score (nSPS) is 15.3. The zero-order chi connectivity index (χ0) is 11.6. The average molecular weight is 213 g/mol. The summed E-state index contributed by atoms with van der Waals surface area (Å²) in [6.45, 7) is 3.77. The van der Waals surface area contributed by atoms with Crippen molar-refractivity contribution in [2.45, 2.75) is 32.0 Å². The number of aromatic nitrogens is 2. The molecule has 0 saturated carbocycles. The number of nitrogens with two attached hydrogens (primary N) is 1. The van der Waals surface area contributed by atoms with Gasteiger partial charge in [-0.05, 0) is 19.9 Å². The molecule has 2 atom stereocenters. The molecular weight excluding hydrogens is 198 g/mol. The Labute approximate surface area is 87.3 Å². The van der Waals surface area contributed by atoms with Crippen LogP contribution >= 0.6 is 0 Å². The molecule has 4 N–H and O–H groups in total. The molecule has 0 aliphatic heterocycles. The van der Waals surface area contributed by atoms with Crippen LogP contribution in [0.25, 0.3) is 0 Å². The molecule has 0 saturated heterocycles. The summed E-state index contributed by atoms with van der Waals surface area (Å²) in [6, 6.07) is 0.276. The maximum absolute atomic E-state index is 10.6. The van der Waals surface area contributed by atoms with Crippen LogP contribution in [0.1, 0.15) is 31.7 Å². The van der Waals surface area contributed by atoms with E-state index in [2.05, 4.69) is 5.10 Å². The van der Waals surface area contributed by atoms with E-state index in [0.29, 0.717) is 5.69 Å². The van der Waals surface area contributed by atoms with E-state index in [4.69, 9.17) is 10.8 Å². The highest BCUT2D eigenvalue weighted by Crippen LogP contribution is 2.18. The van der Waals surface area contributed by atoms with E-state index >= 15 is 0 Å². The maximum atomic E-state index is 10.6. The molecule has 0 spiro atoms. The van der Waals surface area contributed by atoms with Crippen molar-refractivity contribution in [1.82, 2.24) is 9.78 Å². The topological polar surface area (TPSA) is 101 Å². The first-order valence-electron chi connectivity index (χ1n) is 4.65. The first-order chi connectivity index (χ1) is 6.95. The van der Waals surface area contributed by atoms with Gasteiger partial charge < -0.3 is 15.9 Å². The predicted molar refractivity (Wildman–Crippen MR) is 53.2 cm³/mol. The number of hydrogen-bond acceptors (Lipinski definition) is 4. The molecule has 0 bridgehead atoms. The fourth-order valence-corrected chi connectivity index (χ4v) is 1.31. The van der Waals surface area contributed by atoms with Crippen molar-refractivity contribution in [3.05, 3.63) is 18.0 Å². The second kappa shape index (κ2) is 4.41. The molecule has 1 rings (SSSR count). The summed E-state index contributed by atoms with van der Waals surface area (Å²) in [5.74, 6) is -1.24. The Balaban J connectivity index is 2.95. The van der Waals surface area contributed by atoms with Crippen LogP contribution in [0, 0.1) is 0 Å². The second-order valence-electron chi connectivity index (χ2n) is 3.60. The largest absolute Gasteiger partial charge is 0.480 e. The molecule has 0 aromatic carbocycles. The van der Waals surface area contributed by atoms with Gasteiger partial charge in [0.2, 0.25) is 0 Å². The summed E-state index contributed by atoms with van der Waals surface area (Å²) in [6.07, 6.45) is 0.264. The summed E-state index contributed by atoms with van der Waals surface area (Å²) < 4.78 is 1.55. The van der Waals surface area contributed by atoms with Crippen molar-refractivity contribution in [3.8, 4) is 0 Å². The Morgan fingerprint density at radius 2 is 2.20 bits per heavy atom. The van der Waals surface area contributed by atoms with Gasteiger partial charge >= 0.3 is 5.97 Å². The van der Waals surface area contributed by atoms with Crippen LogP contribution in [0.4, 0.5) is 0 Å². The van der Waals surface area contributed by atoms with E-state index in [1.54, 1.807) is 10.7 Å². The molecule has 0 aliphatic carbocycles. The lowest BCUT2D eigenvalue weighted by Crippen LogP contribution is -2.37. The van der Waals surface area contributed by atoms with Crippen LogP contribution in [-0.2, 0) is 4.79 Å². The SMILES string of the molecule is CC(C)n1nccc1C(O)C(N)C(=O)O. The molecular formula is C9H15N3O3. The van der Waals surface area contributed by atoms with Gasteiger partial charge in [0.15, 0.2) is 0 Å². The third kappa shape index (κ3) is 2.34. The fraction of sp³-hybridized carbons (Fsp3) is 0.556. The maximum Gasteiger partial charge on any atom is 0.323 e. The Bertz CT molecular complexity index is 348. The number of hydrogen-bond donors (Lipinski definition) is 3. The standard InChI is InChI=1S/C9H15N3O3/c1-5(2)12-6(3-4-11-12)8(13)7(10)9(14)15/h3-5,7-8,13H,10H2,1-2H3,(H,14,15). The smallest absolute Gasteiger partial charge is 0.323 e. The van der Waals surface area contributed by atoms with Crippen LogP contribution in [0.3, 0.4) is 0 Å². The van der Waals surface area contributed by atoms with Crippen molar-refractivity contribution in [1.29, 1.82) is 0 Å². The molecule has 0 radical (unpaired) electrons. The third-order valence-electron chi connectivity index (χ3n) is 2.12. The van der Waals surface area contributed by atoms with Gasteiger partial charge in [-0.25, -0.2) is 0 Å². The number of aliphatic carboxylic acids is 1. The van der Waals surface area contributed by atoms with E-state index in [-0.39, 0.29) is 6.04 Å². The van der Waals surface area contributed by atoms with Crippen LogP contribution in [0.15, 0.2) is 12.3 Å². The first-order valence-corrected chi connectivity index (χ1v) is 4.65. The summed E-state index contributed by atoms with van der Waals surface area (Å²) >= 11 is 0. The van der Waals surface area contributed by atoms with Gasteiger partial charge in [0.25, 0.3) is 0 Å². The Morgan fingerprint density at radius 1 is 1.60 bits per heavy atom. The van der Waals surface area contributed by atoms with E-state index in [9.17, 15) is 9.90 Å². The van der Waals surface area contributed by atoms with Crippen LogP contribution in [0.2, 0.25) is 0 Å². The number of rotatable bonds is 4. The molecule has 84 valence electrons. The van der Waals surface area contributed by atoms with Crippen molar-refractivity contribution < 1.29 is 15.0 Å². The lowest BCUT2D eigenvalue weighted by molar-refractivity contribution is -0.141. The molecule has 1 heterocycles. The van der Waals surface area contributed by atoms with Gasteiger partial charge in [0, 0.05) is 12.2 Å². The minimum absolute atomic E-state index is 0.0469. The van der Waals surface area contributed by atoms with Gasteiger partial charge in [-0.2, -0.15) is 5.10 Å². The minimum Gasteiger partial charge on any atom is -0.480 e. The zero-order valence-electron chi connectivity index (χ0n) is 8.66. The van der Waals surface area contributed by atoms with Gasteiger partial charge in [-0.1, -0.05) is 0 Å². The number of carboxylic acids is 1. The molecule has 1 aromatic rings. The van der Waals surface area contributed by atoms with E-state index in [1.807, 2.05) is 13.8 Å². The van der Waals surface area contributed by atoms with Gasteiger partial charge in [-0.3, -0.25) is 9.48 Å². The van der Waals surface area contributed by atoms with E-state index in [0.717, 1.165) is 0 Å². The van der Waals surface area contributed by atoms with Crippen molar-refractivity contribution in [2.24, 2.45) is 5.73 Å². The zero-order valence-corrected chi connectivity index (χ0v) is 8.66. The summed E-state index contributed by atoms with van der Waals surface area (Å²) in [5.41, 5.74) is 5.75. The Kier molecular flexibility index (Phi) is 3.43. The highest BCUT2D eigenvalue weighted by Gasteiger charge is 2.26. The number of carbonyl (C=O) groups is 1. The number of carboxylic acid groups (broad SMARTS) is 1. The van der Waals surface area contributed by atoms with Crippen LogP contribution < -0.4 is 5.73 Å². The van der Waals surface area contributed by atoms with Crippen molar-refractivity contribution in [2.75, 3.05) is 0 Å². The highest BCUT2D eigenvalue weighted by atomic mass is 16.4. The van der Waals surface area contributed by atoms with Gasteiger partial charge in [-0.15, -0.1) is 0 Å². The van der Waals surface area contributed by atoms with Gasteiger partial charge in [0.05, 0.1) is 5.69 Å². The number of aliphatic hydroxyl groups is 1. The summed E-state index contributed by atoms with van der Waals surface area (Å²) in [4.78, 5) is 10.6. The molecule has 15 heavy (non-hydrogen) atoms. The Morgan fingerprint density at radius 3 is 2.67 bits per heavy atom. The summed E-state index contributed by atoms with van der Waals surface area (Å²) in [5, 5.41) is 22.4. The molecule has 6 nitrogen and oxygen atoms in total. The quantitative estimate of drug-likeness (QED) is 0.648. The monoisotopic (exact) mass is 213 g/mol. The highest BCUT2D eigenvalue weighted by molar-refractivity contribution is 5.74. The van der Waals surface area contributed by atoms with Crippen molar-refractivity contribution in [3.63, 3.8) is 0 Å². The molecule has 6 heteroatoms. The first kappa shape index (κ1) is 11.7. The Hall–Kier alpha value is -1.40. The summed E-state index contributed by atoms with van der Waals surface area (Å²) in [7, 11) is 0. The second-order valence-corrected chi connectivity index (χ2v) is 3.60. The van der Waals surface area contributed by atoms with E-state index < -0.39 is 18.1 Å².